The minimum absolute atomic E-state index is 0.127. The van der Waals surface area contributed by atoms with Gasteiger partial charge in [-0.05, 0) is 36.9 Å². The number of benzene rings is 1. The van der Waals surface area contributed by atoms with Crippen LogP contribution < -0.4 is 0 Å². The molecule has 0 spiro atoms. The first-order valence-corrected chi connectivity index (χ1v) is 7.73. The highest BCUT2D eigenvalue weighted by Crippen LogP contribution is 2.24. The standard InChI is InChI=1S/C17H25NO2/c1-2-7-16-10-5-6-11-18(16)13-15-9-4-3-8-14(15)12-17(19)20/h3-4,8-9,16H,2,5-7,10-13H2,1H3,(H,19,20). The zero-order valence-corrected chi connectivity index (χ0v) is 12.3. The maximum Gasteiger partial charge on any atom is 0.307 e. The average Bonchev–Trinajstić information content (AvgIpc) is 2.43. The zero-order valence-electron chi connectivity index (χ0n) is 12.3. The summed E-state index contributed by atoms with van der Waals surface area (Å²) in [7, 11) is 0. The van der Waals surface area contributed by atoms with Gasteiger partial charge in [-0.3, -0.25) is 9.69 Å². The molecule has 2 rings (SSSR count). The van der Waals surface area contributed by atoms with E-state index in [1.807, 2.05) is 18.2 Å². The summed E-state index contributed by atoms with van der Waals surface area (Å²) in [5.74, 6) is -0.749. The van der Waals surface area contributed by atoms with Crippen molar-refractivity contribution >= 4 is 5.97 Å². The summed E-state index contributed by atoms with van der Waals surface area (Å²) in [5, 5.41) is 9.02. The molecule has 3 heteroatoms. The smallest absolute Gasteiger partial charge is 0.307 e. The minimum atomic E-state index is -0.749. The predicted molar refractivity (Wildman–Crippen MR) is 80.7 cm³/mol. The third-order valence-electron chi connectivity index (χ3n) is 4.20. The van der Waals surface area contributed by atoms with Gasteiger partial charge in [-0.2, -0.15) is 0 Å². The van der Waals surface area contributed by atoms with Gasteiger partial charge >= 0.3 is 5.97 Å². The van der Waals surface area contributed by atoms with E-state index in [0.29, 0.717) is 6.04 Å². The van der Waals surface area contributed by atoms with Crippen molar-refractivity contribution in [1.29, 1.82) is 0 Å². The summed E-state index contributed by atoms with van der Waals surface area (Å²) in [6, 6.07) is 8.64. The van der Waals surface area contributed by atoms with Crippen molar-refractivity contribution in [2.75, 3.05) is 6.54 Å². The molecule has 110 valence electrons. The second kappa shape index (κ2) is 7.44. The maximum absolute atomic E-state index is 11.0. The topological polar surface area (TPSA) is 40.5 Å². The quantitative estimate of drug-likeness (QED) is 0.864. The van der Waals surface area contributed by atoms with E-state index in [1.54, 1.807) is 0 Å². The number of piperidine rings is 1. The van der Waals surface area contributed by atoms with Crippen LogP contribution in [-0.2, 0) is 17.8 Å². The average molecular weight is 275 g/mol. The molecule has 0 aliphatic carbocycles. The Kier molecular flexibility index (Phi) is 5.60. The van der Waals surface area contributed by atoms with Gasteiger partial charge in [-0.25, -0.2) is 0 Å². The van der Waals surface area contributed by atoms with Crippen molar-refractivity contribution in [2.45, 2.75) is 58.0 Å². The number of nitrogens with zero attached hydrogens (tertiary/aromatic N) is 1. The predicted octanol–water partition coefficient (Wildman–Crippen LogP) is 3.47. The molecule has 1 aliphatic rings. The van der Waals surface area contributed by atoms with E-state index in [1.165, 1.54) is 37.7 Å². The van der Waals surface area contributed by atoms with E-state index in [4.69, 9.17) is 5.11 Å². The summed E-state index contributed by atoms with van der Waals surface area (Å²) in [6.45, 7) is 4.28. The van der Waals surface area contributed by atoms with Crippen LogP contribution in [0.15, 0.2) is 24.3 Å². The number of aliphatic carboxylic acids is 1. The molecule has 1 unspecified atom stereocenters. The Morgan fingerprint density at radius 1 is 1.30 bits per heavy atom. The molecular formula is C17H25NO2. The van der Waals surface area contributed by atoms with Gasteiger partial charge in [-0.15, -0.1) is 0 Å². The number of hydrogen-bond donors (Lipinski definition) is 1. The fraction of sp³-hybridized carbons (Fsp3) is 0.588. The number of likely N-dealkylation sites (tertiary alicyclic amines) is 1. The van der Waals surface area contributed by atoms with E-state index in [-0.39, 0.29) is 6.42 Å². The summed E-state index contributed by atoms with van der Waals surface area (Å²) in [5.41, 5.74) is 2.14. The van der Waals surface area contributed by atoms with Crippen molar-refractivity contribution < 1.29 is 9.90 Å². The fourth-order valence-corrected chi connectivity index (χ4v) is 3.19. The number of carbonyl (C=O) groups is 1. The molecule has 1 saturated heterocycles. The van der Waals surface area contributed by atoms with Crippen LogP contribution in [-0.4, -0.2) is 28.6 Å². The third-order valence-corrected chi connectivity index (χ3v) is 4.20. The lowest BCUT2D eigenvalue weighted by molar-refractivity contribution is -0.136. The Morgan fingerprint density at radius 3 is 2.75 bits per heavy atom. The molecule has 1 aliphatic heterocycles. The van der Waals surface area contributed by atoms with Gasteiger partial charge in [0, 0.05) is 12.6 Å². The van der Waals surface area contributed by atoms with E-state index in [0.717, 1.165) is 18.7 Å². The van der Waals surface area contributed by atoms with E-state index < -0.39 is 5.97 Å². The van der Waals surface area contributed by atoms with Gasteiger partial charge in [0.2, 0.25) is 0 Å². The number of rotatable bonds is 6. The Morgan fingerprint density at radius 2 is 2.05 bits per heavy atom. The van der Waals surface area contributed by atoms with Gasteiger partial charge in [0.25, 0.3) is 0 Å². The van der Waals surface area contributed by atoms with Crippen molar-refractivity contribution in [3.63, 3.8) is 0 Å². The fourth-order valence-electron chi connectivity index (χ4n) is 3.19. The van der Waals surface area contributed by atoms with Crippen LogP contribution in [0.5, 0.6) is 0 Å². The van der Waals surface area contributed by atoms with Crippen molar-refractivity contribution in [3.8, 4) is 0 Å². The Balaban J connectivity index is 2.09. The Hall–Kier alpha value is -1.35. The Labute approximate surface area is 121 Å². The van der Waals surface area contributed by atoms with Crippen LogP contribution in [0.4, 0.5) is 0 Å². The van der Waals surface area contributed by atoms with Crippen molar-refractivity contribution in [3.05, 3.63) is 35.4 Å². The lowest BCUT2D eigenvalue weighted by atomic mass is 9.96. The molecule has 20 heavy (non-hydrogen) atoms. The van der Waals surface area contributed by atoms with Crippen LogP contribution in [0.1, 0.15) is 50.2 Å². The highest BCUT2D eigenvalue weighted by Gasteiger charge is 2.22. The van der Waals surface area contributed by atoms with E-state index in [2.05, 4.69) is 17.9 Å². The first-order valence-electron chi connectivity index (χ1n) is 7.73. The molecular weight excluding hydrogens is 250 g/mol. The molecule has 1 heterocycles. The lowest BCUT2D eigenvalue weighted by Gasteiger charge is -2.36. The monoisotopic (exact) mass is 275 g/mol. The lowest BCUT2D eigenvalue weighted by Crippen LogP contribution is -2.39. The van der Waals surface area contributed by atoms with Crippen molar-refractivity contribution in [2.24, 2.45) is 0 Å². The zero-order chi connectivity index (χ0) is 14.4. The number of carboxylic acid groups (broad SMARTS) is 1. The second-order valence-electron chi connectivity index (χ2n) is 5.75. The summed E-state index contributed by atoms with van der Waals surface area (Å²) >= 11 is 0. The molecule has 1 aromatic carbocycles. The van der Waals surface area contributed by atoms with Crippen LogP contribution in [0, 0.1) is 0 Å². The van der Waals surface area contributed by atoms with Gasteiger partial charge < -0.3 is 5.11 Å². The molecule has 0 amide bonds. The summed E-state index contributed by atoms with van der Waals surface area (Å²) in [4.78, 5) is 13.5. The molecule has 1 fully saturated rings. The normalized spacial score (nSPS) is 19.9. The van der Waals surface area contributed by atoms with E-state index >= 15 is 0 Å². The first-order chi connectivity index (χ1) is 9.70. The SMILES string of the molecule is CCCC1CCCCN1Cc1ccccc1CC(=O)O. The highest BCUT2D eigenvalue weighted by atomic mass is 16.4. The second-order valence-corrected chi connectivity index (χ2v) is 5.75. The molecule has 1 N–H and O–H groups in total. The molecule has 1 atom stereocenters. The molecule has 0 saturated carbocycles. The van der Waals surface area contributed by atoms with E-state index in [9.17, 15) is 4.79 Å². The van der Waals surface area contributed by atoms with Crippen LogP contribution >= 0.6 is 0 Å². The third kappa shape index (κ3) is 4.07. The number of carboxylic acids is 1. The summed E-state index contributed by atoms with van der Waals surface area (Å²) < 4.78 is 0. The van der Waals surface area contributed by atoms with Gasteiger partial charge in [0.15, 0.2) is 0 Å². The van der Waals surface area contributed by atoms with Gasteiger partial charge in [0.1, 0.15) is 0 Å². The van der Waals surface area contributed by atoms with Crippen molar-refractivity contribution in [1.82, 2.24) is 4.90 Å². The van der Waals surface area contributed by atoms with Crippen LogP contribution in [0.2, 0.25) is 0 Å². The molecule has 1 aromatic rings. The van der Waals surface area contributed by atoms with Crippen LogP contribution in [0.25, 0.3) is 0 Å². The number of hydrogen-bond acceptors (Lipinski definition) is 2. The molecule has 3 nitrogen and oxygen atoms in total. The van der Waals surface area contributed by atoms with Gasteiger partial charge in [-0.1, -0.05) is 44.0 Å². The minimum Gasteiger partial charge on any atom is -0.481 e. The Bertz CT molecular complexity index is 442. The molecule has 0 radical (unpaired) electrons. The largest absolute Gasteiger partial charge is 0.481 e. The maximum atomic E-state index is 11.0. The molecule has 0 bridgehead atoms. The summed E-state index contributed by atoms with van der Waals surface area (Å²) in [6.07, 6.45) is 6.48. The molecule has 0 aromatic heterocycles. The van der Waals surface area contributed by atoms with Gasteiger partial charge in [0.05, 0.1) is 6.42 Å². The van der Waals surface area contributed by atoms with Crippen LogP contribution in [0.3, 0.4) is 0 Å². The first kappa shape index (κ1) is 15.0. The highest BCUT2D eigenvalue weighted by molar-refractivity contribution is 5.70.